The molecule has 0 amide bonds. The van der Waals surface area contributed by atoms with Crippen molar-refractivity contribution in [2.75, 3.05) is 0 Å². The van der Waals surface area contributed by atoms with Crippen molar-refractivity contribution in [2.24, 2.45) is 0 Å². The molecule has 0 fully saturated rings. The van der Waals surface area contributed by atoms with Gasteiger partial charge in [0.25, 0.3) is 0 Å². The molecule has 0 aliphatic carbocycles. The largest absolute Gasteiger partial charge is 0.455 e. The van der Waals surface area contributed by atoms with Crippen molar-refractivity contribution in [3.63, 3.8) is 0 Å². The van der Waals surface area contributed by atoms with Gasteiger partial charge in [-0.1, -0.05) is 172 Å². The quantitative estimate of drug-likeness (QED) is 0.110. The molecule has 0 aliphatic rings. The van der Waals surface area contributed by atoms with Crippen LogP contribution in [0.2, 0.25) is 0 Å². The van der Waals surface area contributed by atoms with Crippen LogP contribution in [-0.4, -0.2) is 0 Å². The maximum Gasteiger partial charge on any atom is 0.143 e. The monoisotopic (exact) mass is 836 g/mol. The second-order valence-electron chi connectivity index (χ2n) is 17.7. The standard InChI is InChI=1S/C62H44OS/c1-2-3-4-5-14-38-25-27-40(28-26-38)52-33-44(46-22-12-18-39-15-8-9-19-45(39)46)34-58-51-24-13-23-47(61(51)63-62(52)58)43-29-30-50-53(32-43)48-20-10-11-21-49(48)54-36-57-56-31-41-16-6-7-17-42(41)35-59(56)64-60(57)37-55(50)54/h6-13,15-37H,2-5,14H2,1H3. The minimum absolute atomic E-state index is 0.921. The minimum atomic E-state index is 0.921. The van der Waals surface area contributed by atoms with E-state index in [1.54, 1.807) is 0 Å². The van der Waals surface area contributed by atoms with Crippen molar-refractivity contribution < 1.29 is 4.42 Å². The molecule has 13 aromatic rings. The van der Waals surface area contributed by atoms with Crippen LogP contribution in [0.1, 0.15) is 38.2 Å². The van der Waals surface area contributed by atoms with Crippen LogP contribution in [0.15, 0.2) is 192 Å². The molecule has 0 atom stereocenters. The molecule has 0 radical (unpaired) electrons. The molecule has 0 N–H and O–H groups in total. The van der Waals surface area contributed by atoms with E-state index in [-0.39, 0.29) is 0 Å². The Morgan fingerprint density at radius 2 is 0.938 bits per heavy atom. The lowest BCUT2D eigenvalue weighted by molar-refractivity contribution is 0.667. The summed E-state index contributed by atoms with van der Waals surface area (Å²) in [4.78, 5) is 0. The molecule has 11 aromatic carbocycles. The normalized spacial score (nSPS) is 12.1. The van der Waals surface area contributed by atoms with Crippen LogP contribution in [0.3, 0.4) is 0 Å². The second kappa shape index (κ2) is 14.9. The van der Waals surface area contributed by atoms with E-state index in [0.717, 1.165) is 45.0 Å². The molecule has 1 nitrogen and oxygen atoms in total. The Labute approximate surface area is 375 Å². The average Bonchev–Trinajstić information content (AvgIpc) is 3.91. The molecule has 13 rings (SSSR count). The lowest BCUT2D eigenvalue weighted by Crippen LogP contribution is -1.88. The first kappa shape index (κ1) is 37.3. The smallest absolute Gasteiger partial charge is 0.143 e. The molecule has 0 spiro atoms. The Balaban J connectivity index is 1.00. The Morgan fingerprint density at radius 1 is 0.344 bits per heavy atom. The number of rotatable bonds is 8. The summed E-state index contributed by atoms with van der Waals surface area (Å²) in [7, 11) is 0. The van der Waals surface area contributed by atoms with Gasteiger partial charge < -0.3 is 4.42 Å². The van der Waals surface area contributed by atoms with Crippen LogP contribution in [0.5, 0.6) is 0 Å². The van der Waals surface area contributed by atoms with Gasteiger partial charge in [-0.15, -0.1) is 11.3 Å². The van der Waals surface area contributed by atoms with Crippen LogP contribution >= 0.6 is 11.3 Å². The number of hydrogen-bond donors (Lipinski definition) is 0. The summed E-state index contributed by atoms with van der Waals surface area (Å²) >= 11 is 1.90. The zero-order chi connectivity index (χ0) is 42.3. The third-order valence-corrected chi connectivity index (χ3v) is 15.0. The fourth-order valence-corrected chi connectivity index (χ4v) is 11.8. The number of benzene rings is 11. The minimum Gasteiger partial charge on any atom is -0.455 e. The average molecular weight is 837 g/mol. The summed E-state index contributed by atoms with van der Waals surface area (Å²) < 4.78 is 9.86. The Morgan fingerprint density at radius 3 is 1.77 bits per heavy atom. The van der Waals surface area contributed by atoms with E-state index in [0.29, 0.717) is 0 Å². The maximum atomic E-state index is 7.20. The second-order valence-corrected chi connectivity index (χ2v) is 18.8. The van der Waals surface area contributed by atoms with Crippen molar-refractivity contribution >= 4 is 107 Å². The molecule has 304 valence electrons. The lowest BCUT2D eigenvalue weighted by atomic mass is 9.90. The van der Waals surface area contributed by atoms with Crippen LogP contribution < -0.4 is 0 Å². The first-order valence-electron chi connectivity index (χ1n) is 22.9. The Bertz CT molecular complexity index is 3990. The molecular formula is C62H44OS. The predicted molar refractivity (Wildman–Crippen MR) is 278 cm³/mol. The molecule has 0 saturated heterocycles. The molecule has 64 heavy (non-hydrogen) atoms. The van der Waals surface area contributed by atoms with Crippen LogP contribution in [-0.2, 0) is 6.42 Å². The van der Waals surface area contributed by atoms with Gasteiger partial charge >= 0.3 is 0 Å². The van der Waals surface area contributed by atoms with Gasteiger partial charge in [0, 0.05) is 42.1 Å². The van der Waals surface area contributed by atoms with E-state index in [1.165, 1.54) is 122 Å². The topological polar surface area (TPSA) is 13.1 Å². The van der Waals surface area contributed by atoms with Crippen molar-refractivity contribution in [1.82, 2.24) is 0 Å². The Hall–Kier alpha value is -7.26. The third kappa shape index (κ3) is 5.97. The highest BCUT2D eigenvalue weighted by Gasteiger charge is 2.20. The molecule has 0 aliphatic heterocycles. The number of unbranched alkanes of at least 4 members (excludes halogenated alkanes) is 3. The molecule has 0 bridgehead atoms. The summed E-state index contributed by atoms with van der Waals surface area (Å²) in [5, 5.41) is 17.7. The van der Waals surface area contributed by atoms with E-state index in [4.69, 9.17) is 4.42 Å². The fraction of sp³-hybridized carbons (Fsp3) is 0.0968. The lowest BCUT2D eigenvalue weighted by Gasteiger charge is -2.13. The van der Waals surface area contributed by atoms with E-state index in [9.17, 15) is 0 Å². The molecule has 2 heteroatoms. The molecule has 2 heterocycles. The first-order valence-corrected chi connectivity index (χ1v) is 23.7. The number of para-hydroxylation sites is 1. The number of thiophene rings is 1. The summed E-state index contributed by atoms with van der Waals surface area (Å²) in [5.74, 6) is 0. The maximum absolute atomic E-state index is 7.20. The van der Waals surface area contributed by atoms with Gasteiger partial charge in [-0.2, -0.15) is 0 Å². The molecule has 0 saturated carbocycles. The summed E-state index contributed by atoms with van der Waals surface area (Å²) in [6.45, 7) is 2.28. The van der Waals surface area contributed by atoms with E-state index < -0.39 is 0 Å². The van der Waals surface area contributed by atoms with Crippen molar-refractivity contribution in [3.8, 4) is 33.4 Å². The fourth-order valence-electron chi connectivity index (χ4n) is 10.7. The van der Waals surface area contributed by atoms with Crippen LogP contribution in [0.25, 0.3) is 129 Å². The van der Waals surface area contributed by atoms with Crippen LogP contribution in [0.4, 0.5) is 0 Å². The van der Waals surface area contributed by atoms with Gasteiger partial charge in [-0.3, -0.25) is 0 Å². The summed E-state index contributed by atoms with van der Waals surface area (Å²) in [6, 6.07) is 70.4. The highest BCUT2D eigenvalue weighted by atomic mass is 32.1. The number of hydrogen-bond acceptors (Lipinski definition) is 2. The highest BCUT2D eigenvalue weighted by Crippen LogP contribution is 2.46. The summed E-state index contributed by atoms with van der Waals surface area (Å²) in [5.41, 5.74) is 10.2. The van der Waals surface area contributed by atoms with E-state index in [1.807, 2.05) is 11.3 Å². The molecular weight excluding hydrogens is 793 g/mol. The summed E-state index contributed by atoms with van der Waals surface area (Å²) in [6.07, 6.45) is 6.18. The number of furan rings is 1. The highest BCUT2D eigenvalue weighted by molar-refractivity contribution is 7.26. The van der Waals surface area contributed by atoms with E-state index in [2.05, 4.69) is 195 Å². The van der Waals surface area contributed by atoms with Crippen molar-refractivity contribution in [1.29, 1.82) is 0 Å². The first-order chi connectivity index (χ1) is 31.7. The van der Waals surface area contributed by atoms with Crippen molar-refractivity contribution in [3.05, 3.63) is 194 Å². The predicted octanol–water partition coefficient (Wildman–Crippen LogP) is 18.8. The van der Waals surface area contributed by atoms with Crippen molar-refractivity contribution in [2.45, 2.75) is 39.0 Å². The van der Waals surface area contributed by atoms with Gasteiger partial charge in [-0.25, -0.2) is 0 Å². The van der Waals surface area contributed by atoms with Gasteiger partial charge in [0.05, 0.1) is 0 Å². The zero-order valence-electron chi connectivity index (χ0n) is 35.7. The van der Waals surface area contributed by atoms with Gasteiger partial charge in [-0.05, 0) is 137 Å². The van der Waals surface area contributed by atoms with Gasteiger partial charge in [0.1, 0.15) is 11.2 Å². The number of aryl methyl sites for hydroxylation is 1. The van der Waals surface area contributed by atoms with Gasteiger partial charge in [0.15, 0.2) is 0 Å². The van der Waals surface area contributed by atoms with E-state index >= 15 is 0 Å². The van der Waals surface area contributed by atoms with Gasteiger partial charge in [0.2, 0.25) is 0 Å². The zero-order valence-corrected chi connectivity index (χ0v) is 36.6. The number of fused-ring (bicyclic) bond motifs is 14. The Kier molecular flexibility index (Phi) is 8.71. The van der Waals surface area contributed by atoms with Crippen LogP contribution in [0, 0.1) is 0 Å². The molecule has 0 unspecified atom stereocenters. The SMILES string of the molecule is CCCCCCc1ccc(-c2cc(-c3cccc4ccccc34)cc3c2oc2c(-c4ccc5c(c4)c4ccccc4c4cc6c(cc54)sc4cc5ccccc5cc46)cccc23)cc1. The third-order valence-electron chi connectivity index (χ3n) is 13.9. The molecule has 2 aromatic heterocycles.